The van der Waals surface area contributed by atoms with Crippen molar-refractivity contribution in [2.24, 2.45) is 0 Å². The zero-order chi connectivity index (χ0) is 17.1. The van der Waals surface area contributed by atoms with Crippen molar-refractivity contribution in [3.05, 3.63) is 58.4 Å². The number of amides is 1. The lowest BCUT2D eigenvalue weighted by Crippen LogP contribution is -2.17. The number of aromatic nitrogens is 1. The molecule has 2 rings (SSSR count). The summed E-state index contributed by atoms with van der Waals surface area (Å²) < 4.78 is 0. The quantitative estimate of drug-likeness (QED) is 0.900. The van der Waals surface area contributed by atoms with E-state index < -0.39 is 5.97 Å². The summed E-state index contributed by atoms with van der Waals surface area (Å²) in [5.74, 6) is -1.13. The van der Waals surface area contributed by atoms with Crippen LogP contribution in [0, 0.1) is 13.8 Å². The molecule has 0 spiro atoms. The monoisotopic (exact) mass is 312 g/mol. The van der Waals surface area contributed by atoms with E-state index in [1.165, 1.54) is 12.1 Å². The molecular weight excluding hydrogens is 292 g/mol. The van der Waals surface area contributed by atoms with Crippen molar-refractivity contribution in [2.45, 2.75) is 33.6 Å². The Morgan fingerprint density at radius 2 is 1.83 bits per heavy atom. The van der Waals surface area contributed by atoms with Gasteiger partial charge in [-0.1, -0.05) is 32.0 Å². The Morgan fingerprint density at radius 1 is 1.13 bits per heavy atom. The molecule has 0 aliphatic heterocycles. The molecule has 0 saturated heterocycles. The highest BCUT2D eigenvalue weighted by molar-refractivity contribution is 6.04. The van der Waals surface area contributed by atoms with Crippen LogP contribution in [0.15, 0.2) is 30.3 Å². The smallest absolute Gasteiger partial charge is 0.337 e. The number of hydrogen-bond acceptors (Lipinski definition) is 3. The van der Waals surface area contributed by atoms with Crippen molar-refractivity contribution in [1.82, 2.24) is 4.98 Å². The lowest BCUT2D eigenvalue weighted by Gasteiger charge is -2.16. The molecule has 0 fully saturated rings. The van der Waals surface area contributed by atoms with Gasteiger partial charge in [-0.3, -0.25) is 4.79 Å². The molecule has 0 atom stereocenters. The van der Waals surface area contributed by atoms with Crippen molar-refractivity contribution >= 4 is 17.6 Å². The van der Waals surface area contributed by atoms with Crippen LogP contribution in [0.2, 0.25) is 0 Å². The molecule has 1 amide bonds. The zero-order valence-corrected chi connectivity index (χ0v) is 13.7. The van der Waals surface area contributed by atoms with Crippen LogP contribution in [-0.2, 0) is 0 Å². The highest BCUT2D eigenvalue weighted by Gasteiger charge is 2.16. The Labute approximate surface area is 135 Å². The summed E-state index contributed by atoms with van der Waals surface area (Å²) in [6.07, 6.45) is 0. The number of para-hydroxylation sites is 1. The second kappa shape index (κ2) is 6.60. The second-order valence-corrected chi connectivity index (χ2v) is 5.78. The lowest BCUT2D eigenvalue weighted by molar-refractivity contribution is 0.0695. The normalized spacial score (nSPS) is 10.7. The Kier molecular flexibility index (Phi) is 4.79. The molecule has 0 saturated carbocycles. The molecule has 0 radical (unpaired) electrons. The van der Waals surface area contributed by atoms with Crippen molar-refractivity contribution in [3.8, 4) is 0 Å². The molecule has 1 aromatic carbocycles. The molecule has 5 heteroatoms. The molecular formula is C18H20N2O3. The van der Waals surface area contributed by atoms with Gasteiger partial charge >= 0.3 is 5.97 Å². The minimum atomic E-state index is -1.05. The zero-order valence-electron chi connectivity index (χ0n) is 13.7. The predicted molar refractivity (Wildman–Crippen MR) is 89.2 cm³/mol. The van der Waals surface area contributed by atoms with Crippen molar-refractivity contribution in [2.75, 3.05) is 5.32 Å². The first-order valence-electron chi connectivity index (χ1n) is 7.43. The maximum atomic E-state index is 12.5. The minimum Gasteiger partial charge on any atom is -0.478 e. The largest absolute Gasteiger partial charge is 0.478 e. The minimum absolute atomic E-state index is 0.0975. The van der Waals surface area contributed by atoms with Crippen LogP contribution in [0.1, 0.15) is 57.4 Å². The van der Waals surface area contributed by atoms with Crippen molar-refractivity contribution in [1.29, 1.82) is 0 Å². The number of hydrogen-bond donors (Lipinski definition) is 2. The number of anilines is 1. The van der Waals surface area contributed by atoms with Crippen LogP contribution in [-0.4, -0.2) is 22.0 Å². The van der Waals surface area contributed by atoms with E-state index in [1.807, 2.05) is 25.1 Å². The van der Waals surface area contributed by atoms with Gasteiger partial charge in [0, 0.05) is 5.69 Å². The van der Waals surface area contributed by atoms with E-state index in [0.29, 0.717) is 5.69 Å². The molecule has 1 heterocycles. The van der Waals surface area contributed by atoms with Crippen LogP contribution in [0.4, 0.5) is 5.69 Å². The number of carbonyl (C=O) groups excluding carboxylic acids is 1. The van der Waals surface area contributed by atoms with Gasteiger partial charge in [0.25, 0.3) is 5.91 Å². The first-order chi connectivity index (χ1) is 10.8. The van der Waals surface area contributed by atoms with Crippen molar-refractivity contribution in [3.63, 3.8) is 0 Å². The van der Waals surface area contributed by atoms with E-state index in [1.54, 1.807) is 6.92 Å². The number of nitrogens with zero attached hydrogens (tertiary/aromatic N) is 1. The van der Waals surface area contributed by atoms with Gasteiger partial charge in [-0.25, -0.2) is 9.78 Å². The third kappa shape index (κ3) is 3.56. The molecule has 120 valence electrons. The standard InChI is InChI=1S/C18H20N2O3/c1-10(2)13-7-5-6-11(3)16(13)20-17(21)15-9-8-14(18(22)23)12(4)19-15/h5-10H,1-4H3,(H,20,21)(H,22,23). The SMILES string of the molecule is Cc1cccc(C(C)C)c1NC(=O)c1ccc(C(=O)O)c(C)n1. The first kappa shape index (κ1) is 16.7. The van der Waals surface area contributed by atoms with E-state index in [9.17, 15) is 9.59 Å². The maximum Gasteiger partial charge on any atom is 0.337 e. The van der Waals surface area contributed by atoms with E-state index in [0.717, 1.165) is 16.8 Å². The van der Waals surface area contributed by atoms with Crippen LogP contribution in [0.5, 0.6) is 0 Å². The maximum absolute atomic E-state index is 12.5. The average Bonchev–Trinajstić information content (AvgIpc) is 2.48. The summed E-state index contributed by atoms with van der Waals surface area (Å²) in [5.41, 5.74) is 3.43. The van der Waals surface area contributed by atoms with Gasteiger partial charge in [0.05, 0.1) is 11.3 Å². The summed E-state index contributed by atoms with van der Waals surface area (Å²) in [6, 6.07) is 8.72. The fourth-order valence-electron chi connectivity index (χ4n) is 2.43. The first-order valence-corrected chi connectivity index (χ1v) is 7.43. The van der Waals surface area contributed by atoms with Gasteiger partial charge in [-0.2, -0.15) is 0 Å². The van der Waals surface area contributed by atoms with Crippen LogP contribution >= 0.6 is 0 Å². The van der Waals surface area contributed by atoms with Gasteiger partial charge in [-0.15, -0.1) is 0 Å². The summed E-state index contributed by atoms with van der Waals surface area (Å²) in [4.78, 5) is 27.6. The molecule has 0 bridgehead atoms. The summed E-state index contributed by atoms with van der Waals surface area (Å²) in [6.45, 7) is 7.64. The molecule has 1 aromatic heterocycles. The predicted octanol–water partition coefficient (Wildman–Crippen LogP) is 3.77. The number of carboxylic acid groups (broad SMARTS) is 1. The van der Waals surface area contributed by atoms with Gasteiger partial charge in [0.1, 0.15) is 5.69 Å². The van der Waals surface area contributed by atoms with Gasteiger partial charge in [-0.05, 0) is 43.0 Å². The van der Waals surface area contributed by atoms with E-state index in [4.69, 9.17) is 5.11 Å². The fourth-order valence-corrected chi connectivity index (χ4v) is 2.43. The summed E-state index contributed by atoms with van der Waals surface area (Å²) in [5, 5.41) is 11.9. The second-order valence-electron chi connectivity index (χ2n) is 5.78. The molecule has 0 aliphatic rings. The Balaban J connectivity index is 2.33. The fraction of sp³-hybridized carbons (Fsp3) is 0.278. The van der Waals surface area contributed by atoms with E-state index in [-0.39, 0.29) is 23.1 Å². The van der Waals surface area contributed by atoms with Gasteiger partial charge < -0.3 is 10.4 Å². The molecule has 0 unspecified atom stereocenters. The van der Waals surface area contributed by atoms with Crippen LogP contribution < -0.4 is 5.32 Å². The van der Waals surface area contributed by atoms with E-state index in [2.05, 4.69) is 24.1 Å². The molecule has 5 nitrogen and oxygen atoms in total. The number of pyridine rings is 1. The number of aromatic carboxylic acids is 1. The van der Waals surface area contributed by atoms with Crippen LogP contribution in [0.25, 0.3) is 0 Å². The number of rotatable bonds is 4. The van der Waals surface area contributed by atoms with Crippen molar-refractivity contribution < 1.29 is 14.7 Å². The van der Waals surface area contributed by atoms with Gasteiger partial charge in [0.2, 0.25) is 0 Å². The highest BCUT2D eigenvalue weighted by atomic mass is 16.4. The highest BCUT2D eigenvalue weighted by Crippen LogP contribution is 2.27. The Bertz CT molecular complexity index is 767. The third-order valence-corrected chi connectivity index (χ3v) is 3.71. The summed E-state index contributed by atoms with van der Waals surface area (Å²) >= 11 is 0. The van der Waals surface area contributed by atoms with Crippen LogP contribution in [0.3, 0.4) is 0 Å². The van der Waals surface area contributed by atoms with Gasteiger partial charge in [0.15, 0.2) is 0 Å². The van der Waals surface area contributed by atoms with E-state index >= 15 is 0 Å². The molecule has 2 aromatic rings. The lowest BCUT2D eigenvalue weighted by atomic mass is 9.98. The average molecular weight is 312 g/mol. The number of benzene rings is 1. The topological polar surface area (TPSA) is 79.3 Å². The number of carbonyl (C=O) groups is 2. The molecule has 2 N–H and O–H groups in total. The number of carboxylic acids is 1. The Morgan fingerprint density at radius 3 is 2.39 bits per heavy atom. The third-order valence-electron chi connectivity index (χ3n) is 3.71. The number of aryl methyl sites for hydroxylation is 2. The summed E-state index contributed by atoms with van der Waals surface area (Å²) in [7, 11) is 0. The molecule has 0 aliphatic carbocycles. The molecule has 23 heavy (non-hydrogen) atoms. The number of nitrogens with one attached hydrogen (secondary N) is 1. The Hall–Kier alpha value is -2.69.